The van der Waals surface area contributed by atoms with Gasteiger partial charge in [-0.05, 0) is 13.8 Å². The Labute approximate surface area is 100 Å². The Kier molecular flexibility index (Phi) is 5.52. The summed E-state index contributed by atoms with van der Waals surface area (Å²) in [6, 6.07) is 0. The first-order valence-corrected chi connectivity index (χ1v) is 6.38. The average molecular weight is 336 g/mol. The zero-order valence-corrected chi connectivity index (χ0v) is 11.3. The highest BCUT2D eigenvalue weighted by Gasteiger charge is 2.50. The highest BCUT2D eigenvalue weighted by Crippen LogP contribution is 2.30. The summed E-state index contributed by atoms with van der Waals surface area (Å²) in [7, 11) is 0. The number of halogens is 2. The van der Waals surface area contributed by atoms with Gasteiger partial charge < -0.3 is 20.4 Å². The molecule has 0 aromatic carbocycles. The molecule has 0 aromatic rings. The van der Waals surface area contributed by atoms with Gasteiger partial charge in [0.1, 0.15) is 11.2 Å². The molecule has 0 radical (unpaired) electrons. The van der Waals surface area contributed by atoms with Crippen LogP contribution in [0.25, 0.3) is 0 Å². The maximum absolute atomic E-state index is 9.90. The Morgan fingerprint density at radius 1 is 0.929 bits per heavy atom. The Morgan fingerprint density at radius 2 is 1.14 bits per heavy atom. The first kappa shape index (κ1) is 14.8. The standard InChI is InChI=1S/C8H16Br2O4/c1-7(13,5(11)3-9)8(2,14)6(12)4-10/h5-6,11-14H,3-4H2,1-2H3/t5-,6+,7+,8-. The molecule has 4 N–H and O–H groups in total. The van der Waals surface area contributed by atoms with E-state index in [0.29, 0.717) is 0 Å². The molecule has 4 nitrogen and oxygen atoms in total. The Morgan fingerprint density at radius 3 is 1.29 bits per heavy atom. The average Bonchev–Trinajstić information content (AvgIpc) is 2.14. The number of aliphatic hydroxyl groups excluding tert-OH is 2. The van der Waals surface area contributed by atoms with Crippen LogP contribution in [0.2, 0.25) is 0 Å². The van der Waals surface area contributed by atoms with Crippen molar-refractivity contribution < 1.29 is 20.4 Å². The molecule has 0 aliphatic heterocycles. The molecule has 0 unspecified atom stereocenters. The van der Waals surface area contributed by atoms with Gasteiger partial charge in [-0.2, -0.15) is 0 Å². The van der Waals surface area contributed by atoms with Crippen LogP contribution < -0.4 is 0 Å². The fourth-order valence-electron chi connectivity index (χ4n) is 0.975. The summed E-state index contributed by atoms with van der Waals surface area (Å²) in [6.07, 6.45) is -2.32. The van der Waals surface area contributed by atoms with Crippen molar-refractivity contribution in [1.29, 1.82) is 0 Å². The number of hydrogen-bond acceptors (Lipinski definition) is 4. The summed E-state index contributed by atoms with van der Waals surface area (Å²) in [5, 5.41) is 39.0. The molecule has 14 heavy (non-hydrogen) atoms. The minimum absolute atomic E-state index is 0.116. The molecule has 0 aromatic heterocycles. The third-order valence-corrected chi connectivity index (χ3v) is 3.84. The first-order chi connectivity index (χ1) is 6.21. The quantitative estimate of drug-likeness (QED) is 0.533. The maximum atomic E-state index is 9.90. The lowest BCUT2D eigenvalue weighted by atomic mass is 9.78. The van der Waals surface area contributed by atoms with Crippen molar-refractivity contribution in [2.75, 3.05) is 10.7 Å². The maximum Gasteiger partial charge on any atom is 0.119 e. The van der Waals surface area contributed by atoms with Crippen molar-refractivity contribution in [2.24, 2.45) is 0 Å². The molecule has 0 aliphatic rings. The van der Waals surface area contributed by atoms with Crippen LogP contribution in [0.4, 0.5) is 0 Å². The number of hydrogen-bond donors (Lipinski definition) is 4. The molecular weight excluding hydrogens is 320 g/mol. The second kappa shape index (κ2) is 5.23. The summed E-state index contributed by atoms with van der Waals surface area (Å²) in [6.45, 7) is 2.57. The summed E-state index contributed by atoms with van der Waals surface area (Å²) < 4.78 is 0. The van der Waals surface area contributed by atoms with E-state index in [1.165, 1.54) is 13.8 Å². The summed E-state index contributed by atoms with van der Waals surface area (Å²) >= 11 is 6.00. The van der Waals surface area contributed by atoms with Crippen LogP contribution in [0.3, 0.4) is 0 Å². The van der Waals surface area contributed by atoms with E-state index in [0.717, 1.165) is 0 Å². The molecule has 86 valence electrons. The minimum atomic E-state index is -1.79. The van der Waals surface area contributed by atoms with Crippen molar-refractivity contribution in [3.8, 4) is 0 Å². The monoisotopic (exact) mass is 334 g/mol. The lowest BCUT2D eigenvalue weighted by Gasteiger charge is -2.43. The van der Waals surface area contributed by atoms with Crippen molar-refractivity contribution >= 4 is 31.9 Å². The van der Waals surface area contributed by atoms with E-state index in [9.17, 15) is 20.4 Å². The largest absolute Gasteiger partial charge is 0.389 e. The molecule has 0 fully saturated rings. The third-order valence-electron chi connectivity index (χ3n) is 2.61. The summed E-state index contributed by atoms with van der Waals surface area (Å²) in [4.78, 5) is 0. The molecule has 0 aliphatic carbocycles. The van der Waals surface area contributed by atoms with E-state index in [-0.39, 0.29) is 10.7 Å². The molecule has 0 rings (SSSR count). The number of rotatable bonds is 5. The van der Waals surface area contributed by atoms with Crippen LogP contribution in [-0.2, 0) is 0 Å². The second-order valence-corrected chi connectivity index (χ2v) is 4.93. The highest BCUT2D eigenvalue weighted by molar-refractivity contribution is 9.09. The van der Waals surface area contributed by atoms with Crippen LogP contribution in [0, 0.1) is 0 Å². The fraction of sp³-hybridized carbons (Fsp3) is 1.00. The van der Waals surface area contributed by atoms with E-state index in [1.807, 2.05) is 0 Å². The molecule has 0 saturated carbocycles. The molecule has 0 spiro atoms. The minimum Gasteiger partial charge on any atom is -0.389 e. The van der Waals surface area contributed by atoms with Gasteiger partial charge in [-0.25, -0.2) is 0 Å². The third kappa shape index (κ3) is 2.68. The van der Waals surface area contributed by atoms with E-state index < -0.39 is 23.4 Å². The van der Waals surface area contributed by atoms with Gasteiger partial charge in [0.25, 0.3) is 0 Å². The molecule has 4 atom stereocenters. The smallest absolute Gasteiger partial charge is 0.119 e. The lowest BCUT2D eigenvalue weighted by molar-refractivity contribution is -0.213. The number of aliphatic hydroxyl groups is 4. The van der Waals surface area contributed by atoms with E-state index in [1.54, 1.807) is 0 Å². The molecule has 0 saturated heterocycles. The van der Waals surface area contributed by atoms with Crippen molar-refractivity contribution in [3.05, 3.63) is 0 Å². The Hall–Kier alpha value is 0.800. The van der Waals surface area contributed by atoms with E-state index >= 15 is 0 Å². The van der Waals surface area contributed by atoms with Crippen LogP contribution in [-0.4, -0.2) is 54.5 Å². The van der Waals surface area contributed by atoms with Crippen molar-refractivity contribution in [2.45, 2.75) is 37.3 Å². The predicted octanol–water partition coefficient (Wildman–Crippen LogP) is 0.000000000000000111. The van der Waals surface area contributed by atoms with Crippen molar-refractivity contribution in [3.63, 3.8) is 0 Å². The Bertz CT molecular complexity index is 164. The van der Waals surface area contributed by atoms with Gasteiger partial charge in [-0.3, -0.25) is 0 Å². The molecule has 6 heteroatoms. The molecular formula is C8H16Br2O4. The summed E-state index contributed by atoms with van der Waals surface area (Å²) in [5.41, 5.74) is -3.58. The van der Waals surface area contributed by atoms with E-state index in [4.69, 9.17) is 0 Å². The lowest BCUT2D eigenvalue weighted by Crippen LogP contribution is -2.64. The van der Waals surface area contributed by atoms with Gasteiger partial charge in [-0.1, -0.05) is 31.9 Å². The summed E-state index contributed by atoms with van der Waals surface area (Å²) in [5.74, 6) is 0. The van der Waals surface area contributed by atoms with E-state index in [2.05, 4.69) is 31.9 Å². The Balaban J connectivity index is 4.85. The zero-order chi connectivity index (χ0) is 11.6. The SMILES string of the molecule is C[C@](O)([C@H](O)CBr)[C@](C)(O)[C@@H](O)CBr. The van der Waals surface area contributed by atoms with Gasteiger partial charge >= 0.3 is 0 Å². The van der Waals surface area contributed by atoms with Gasteiger partial charge in [-0.15, -0.1) is 0 Å². The predicted molar refractivity (Wildman–Crippen MR) is 60.8 cm³/mol. The van der Waals surface area contributed by atoms with Gasteiger partial charge in [0.15, 0.2) is 0 Å². The van der Waals surface area contributed by atoms with Gasteiger partial charge in [0.05, 0.1) is 12.2 Å². The van der Waals surface area contributed by atoms with Crippen LogP contribution in [0.15, 0.2) is 0 Å². The van der Waals surface area contributed by atoms with Crippen LogP contribution in [0.1, 0.15) is 13.8 Å². The van der Waals surface area contributed by atoms with Gasteiger partial charge in [0.2, 0.25) is 0 Å². The van der Waals surface area contributed by atoms with Gasteiger partial charge in [0, 0.05) is 10.7 Å². The molecule has 0 heterocycles. The van der Waals surface area contributed by atoms with Crippen LogP contribution in [0.5, 0.6) is 0 Å². The normalized spacial score (nSPS) is 24.9. The zero-order valence-electron chi connectivity index (χ0n) is 8.11. The second-order valence-electron chi connectivity index (χ2n) is 3.64. The first-order valence-electron chi connectivity index (χ1n) is 4.14. The highest BCUT2D eigenvalue weighted by atomic mass is 79.9. The fourth-order valence-corrected chi connectivity index (χ4v) is 2.24. The van der Waals surface area contributed by atoms with Crippen molar-refractivity contribution in [1.82, 2.24) is 0 Å². The topological polar surface area (TPSA) is 80.9 Å². The van der Waals surface area contributed by atoms with Crippen LogP contribution >= 0.6 is 31.9 Å². The molecule has 0 bridgehead atoms. The number of alkyl halides is 2. The molecule has 0 amide bonds.